The molecule has 0 aromatic heterocycles. The third-order valence-corrected chi connectivity index (χ3v) is 3.60. The summed E-state index contributed by atoms with van der Waals surface area (Å²) in [7, 11) is 0. The second kappa shape index (κ2) is 6.27. The van der Waals surface area contributed by atoms with Crippen molar-refractivity contribution in [1.82, 2.24) is 0 Å². The molecule has 0 unspecified atom stereocenters. The smallest absolute Gasteiger partial charge is 0.166 e. The molecule has 1 aromatic rings. The van der Waals surface area contributed by atoms with Gasteiger partial charge in [-0.25, -0.2) is 0 Å². The highest BCUT2D eigenvalue weighted by Gasteiger charge is 2.29. The molecule has 3 heteroatoms. The van der Waals surface area contributed by atoms with Gasteiger partial charge in [-0.2, -0.15) is 13.2 Å². The van der Waals surface area contributed by atoms with Crippen molar-refractivity contribution in [2.45, 2.75) is 51.1 Å². The summed E-state index contributed by atoms with van der Waals surface area (Å²) in [5, 5.41) is 0. The summed E-state index contributed by atoms with van der Waals surface area (Å²) in [6, 6.07) is 5.56. The van der Waals surface area contributed by atoms with E-state index in [1.165, 1.54) is 43.4 Å². The highest BCUT2D eigenvalue weighted by atomic mass is 19.4. The lowest BCUT2D eigenvalue weighted by atomic mass is 9.95. The minimum atomic E-state index is -4.24. The molecule has 19 heavy (non-hydrogen) atoms. The third kappa shape index (κ3) is 4.41. The maximum atomic E-state index is 12.5. The van der Waals surface area contributed by atoms with Gasteiger partial charge in [0.15, 0.2) is 0 Å². The molecular formula is C16H19F3. The minimum Gasteiger partial charge on any atom is -0.166 e. The summed E-state index contributed by atoms with van der Waals surface area (Å²) >= 11 is 0. The van der Waals surface area contributed by atoms with Crippen molar-refractivity contribution in [3.63, 3.8) is 0 Å². The van der Waals surface area contributed by atoms with Crippen molar-refractivity contribution in [3.05, 3.63) is 47.0 Å². The third-order valence-electron chi connectivity index (χ3n) is 3.60. The van der Waals surface area contributed by atoms with Crippen LogP contribution in [0.25, 0.3) is 0 Å². The van der Waals surface area contributed by atoms with Gasteiger partial charge in [0.1, 0.15) is 0 Å². The van der Waals surface area contributed by atoms with E-state index in [0.717, 1.165) is 24.8 Å². The number of halogens is 3. The Bertz CT molecular complexity index is 426. The molecule has 1 aromatic carbocycles. The number of hydrogen-bond donors (Lipinski definition) is 0. The Labute approximate surface area is 112 Å². The average molecular weight is 268 g/mol. The standard InChI is InChI=1S/C16H19F3/c17-16(18,19)15-10-8-14(9-11-15)12-13-6-4-2-1-3-5-7-13/h6,8-11H,1-5,7,12H2/b13-6-. The Morgan fingerprint density at radius 1 is 0.895 bits per heavy atom. The molecule has 0 spiro atoms. The van der Waals surface area contributed by atoms with E-state index >= 15 is 0 Å². The van der Waals surface area contributed by atoms with Crippen LogP contribution in [0.3, 0.4) is 0 Å². The number of hydrogen-bond acceptors (Lipinski definition) is 0. The van der Waals surface area contributed by atoms with Gasteiger partial charge in [-0.15, -0.1) is 0 Å². The van der Waals surface area contributed by atoms with Gasteiger partial charge in [-0.3, -0.25) is 0 Å². The van der Waals surface area contributed by atoms with Gasteiger partial charge in [0.2, 0.25) is 0 Å². The predicted molar refractivity (Wildman–Crippen MR) is 70.9 cm³/mol. The van der Waals surface area contributed by atoms with Crippen LogP contribution in [0.4, 0.5) is 13.2 Å². The number of alkyl halides is 3. The highest BCUT2D eigenvalue weighted by molar-refractivity contribution is 5.28. The van der Waals surface area contributed by atoms with Gasteiger partial charge in [0, 0.05) is 0 Å². The van der Waals surface area contributed by atoms with E-state index in [1.807, 2.05) is 0 Å². The van der Waals surface area contributed by atoms with E-state index in [9.17, 15) is 13.2 Å². The Morgan fingerprint density at radius 2 is 1.58 bits per heavy atom. The van der Waals surface area contributed by atoms with E-state index in [1.54, 1.807) is 12.1 Å². The average Bonchev–Trinajstić information content (AvgIpc) is 2.32. The molecular weight excluding hydrogens is 249 g/mol. The number of benzene rings is 1. The van der Waals surface area contributed by atoms with Crippen LogP contribution < -0.4 is 0 Å². The van der Waals surface area contributed by atoms with Crippen molar-refractivity contribution >= 4 is 0 Å². The molecule has 0 radical (unpaired) electrons. The van der Waals surface area contributed by atoms with Crippen LogP contribution >= 0.6 is 0 Å². The second-order valence-corrected chi connectivity index (χ2v) is 5.19. The Balaban J connectivity index is 2.02. The summed E-state index contributed by atoms with van der Waals surface area (Å²) in [4.78, 5) is 0. The summed E-state index contributed by atoms with van der Waals surface area (Å²) in [5.74, 6) is 0. The van der Waals surface area contributed by atoms with Gasteiger partial charge in [0.05, 0.1) is 5.56 Å². The van der Waals surface area contributed by atoms with Crippen LogP contribution in [0.2, 0.25) is 0 Å². The van der Waals surface area contributed by atoms with Crippen LogP contribution in [-0.2, 0) is 12.6 Å². The zero-order valence-corrected chi connectivity index (χ0v) is 11.0. The van der Waals surface area contributed by atoms with E-state index in [2.05, 4.69) is 6.08 Å². The van der Waals surface area contributed by atoms with Crippen LogP contribution in [0, 0.1) is 0 Å². The van der Waals surface area contributed by atoms with Crippen LogP contribution in [0.5, 0.6) is 0 Å². The predicted octanol–water partition coefficient (Wildman–Crippen LogP) is 5.53. The molecule has 0 amide bonds. The van der Waals surface area contributed by atoms with E-state index in [4.69, 9.17) is 0 Å². The normalized spacial score (nSPS) is 20.3. The first kappa shape index (κ1) is 14.2. The van der Waals surface area contributed by atoms with Crippen molar-refractivity contribution in [1.29, 1.82) is 0 Å². The second-order valence-electron chi connectivity index (χ2n) is 5.19. The molecule has 2 rings (SSSR count). The summed E-state index contributed by atoms with van der Waals surface area (Å²) in [5.41, 5.74) is 1.78. The lowest BCUT2D eigenvalue weighted by molar-refractivity contribution is -0.137. The molecule has 1 aliphatic carbocycles. The fraction of sp³-hybridized carbons (Fsp3) is 0.500. The summed E-state index contributed by atoms with van der Waals surface area (Å²) in [6.07, 6.45) is 6.02. The first-order valence-corrected chi connectivity index (χ1v) is 6.90. The van der Waals surface area contributed by atoms with E-state index in [-0.39, 0.29) is 0 Å². The van der Waals surface area contributed by atoms with Crippen LogP contribution in [0.1, 0.15) is 49.7 Å². The fourth-order valence-electron chi connectivity index (χ4n) is 2.49. The Hall–Kier alpha value is -1.25. The lowest BCUT2D eigenvalue weighted by Crippen LogP contribution is -2.04. The molecule has 1 aliphatic rings. The van der Waals surface area contributed by atoms with Gasteiger partial charge in [0.25, 0.3) is 0 Å². The number of allylic oxidation sites excluding steroid dienone is 2. The molecule has 104 valence electrons. The first-order valence-electron chi connectivity index (χ1n) is 6.90. The van der Waals surface area contributed by atoms with Gasteiger partial charge in [-0.1, -0.05) is 36.6 Å². The summed E-state index contributed by atoms with van der Waals surface area (Å²) in [6.45, 7) is 0. The van der Waals surface area contributed by atoms with Gasteiger partial charge < -0.3 is 0 Å². The molecule has 0 saturated carbocycles. The van der Waals surface area contributed by atoms with Gasteiger partial charge >= 0.3 is 6.18 Å². The zero-order chi connectivity index (χ0) is 13.7. The fourth-order valence-corrected chi connectivity index (χ4v) is 2.49. The number of rotatable bonds is 2. The first-order chi connectivity index (χ1) is 9.05. The molecule has 0 atom stereocenters. The van der Waals surface area contributed by atoms with Crippen LogP contribution in [0.15, 0.2) is 35.9 Å². The maximum absolute atomic E-state index is 12.5. The zero-order valence-electron chi connectivity index (χ0n) is 11.0. The molecule has 0 fully saturated rings. The quantitative estimate of drug-likeness (QED) is 0.619. The largest absolute Gasteiger partial charge is 0.416 e. The summed E-state index contributed by atoms with van der Waals surface area (Å²) < 4.78 is 37.4. The van der Waals surface area contributed by atoms with Gasteiger partial charge in [-0.05, 0) is 49.8 Å². The Kier molecular flexibility index (Phi) is 4.67. The minimum absolute atomic E-state index is 0.567. The maximum Gasteiger partial charge on any atom is 0.416 e. The molecule has 0 bridgehead atoms. The highest BCUT2D eigenvalue weighted by Crippen LogP contribution is 2.29. The monoisotopic (exact) mass is 268 g/mol. The van der Waals surface area contributed by atoms with Crippen molar-refractivity contribution in [2.24, 2.45) is 0 Å². The molecule has 0 aliphatic heterocycles. The molecule has 0 saturated heterocycles. The van der Waals surface area contributed by atoms with Crippen LogP contribution in [-0.4, -0.2) is 0 Å². The van der Waals surface area contributed by atoms with Crippen molar-refractivity contribution < 1.29 is 13.2 Å². The molecule has 0 N–H and O–H groups in total. The topological polar surface area (TPSA) is 0 Å². The molecule has 0 heterocycles. The van der Waals surface area contributed by atoms with Crippen molar-refractivity contribution in [2.75, 3.05) is 0 Å². The van der Waals surface area contributed by atoms with E-state index < -0.39 is 11.7 Å². The van der Waals surface area contributed by atoms with E-state index in [0.29, 0.717) is 0 Å². The van der Waals surface area contributed by atoms with Crippen molar-refractivity contribution in [3.8, 4) is 0 Å². The SMILES string of the molecule is FC(F)(F)c1ccc(C/C2=C\CCCCCC2)cc1. The molecule has 0 nitrogen and oxygen atoms in total. The lowest BCUT2D eigenvalue weighted by Gasteiger charge is -2.12. The Morgan fingerprint density at radius 3 is 2.26 bits per heavy atom.